The molecule has 0 spiro atoms. The van der Waals surface area contributed by atoms with Gasteiger partial charge >= 0.3 is 0 Å². The van der Waals surface area contributed by atoms with Gasteiger partial charge in [0.2, 0.25) is 0 Å². The van der Waals surface area contributed by atoms with Gasteiger partial charge in [0.25, 0.3) is 0 Å². The first kappa shape index (κ1) is 14.1. The standard InChI is InChI=1S/C15H17ClN4/c16-13-9-12(18)4-6-15(13)20-7-1-2-10-8-11(17)3-5-14(10)19/h1-6,8-9,20H,7,17-19H2/b2-1+. The van der Waals surface area contributed by atoms with Crippen LogP contribution in [0.4, 0.5) is 22.7 Å². The molecule has 104 valence electrons. The quantitative estimate of drug-likeness (QED) is 0.650. The number of hydrogen-bond donors (Lipinski definition) is 4. The number of halogens is 1. The normalized spacial score (nSPS) is 10.8. The Morgan fingerprint density at radius 3 is 2.45 bits per heavy atom. The molecule has 0 aliphatic carbocycles. The molecule has 5 heteroatoms. The molecule has 0 bridgehead atoms. The Labute approximate surface area is 123 Å². The molecular formula is C15H17ClN4. The van der Waals surface area contributed by atoms with Gasteiger partial charge in [-0.25, -0.2) is 0 Å². The third-order valence-electron chi connectivity index (χ3n) is 2.81. The summed E-state index contributed by atoms with van der Waals surface area (Å²) >= 11 is 6.07. The van der Waals surface area contributed by atoms with Crippen LogP contribution in [-0.2, 0) is 0 Å². The van der Waals surface area contributed by atoms with E-state index in [0.29, 0.717) is 28.6 Å². The topological polar surface area (TPSA) is 90.1 Å². The maximum absolute atomic E-state index is 6.07. The second-order valence-corrected chi connectivity index (χ2v) is 4.82. The van der Waals surface area contributed by atoms with E-state index in [1.165, 1.54) is 0 Å². The van der Waals surface area contributed by atoms with Crippen LogP contribution >= 0.6 is 11.6 Å². The zero-order valence-corrected chi connectivity index (χ0v) is 11.7. The highest BCUT2D eigenvalue weighted by molar-refractivity contribution is 6.33. The van der Waals surface area contributed by atoms with Crippen molar-refractivity contribution in [3.8, 4) is 0 Å². The average Bonchev–Trinajstić information content (AvgIpc) is 2.40. The Morgan fingerprint density at radius 2 is 1.70 bits per heavy atom. The molecule has 0 unspecified atom stereocenters. The molecule has 7 N–H and O–H groups in total. The van der Waals surface area contributed by atoms with Gasteiger partial charge in [-0.3, -0.25) is 0 Å². The maximum atomic E-state index is 6.07. The zero-order chi connectivity index (χ0) is 14.5. The van der Waals surface area contributed by atoms with Gasteiger partial charge in [0, 0.05) is 23.6 Å². The first-order chi connectivity index (χ1) is 9.56. The summed E-state index contributed by atoms with van der Waals surface area (Å²) < 4.78 is 0. The minimum Gasteiger partial charge on any atom is -0.399 e. The van der Waals surface area contributed by atoms with E-state index in [4.69, 9.17) is 28.8 Å². The molecule has 0 heterocycles. The molecule has 0 radical (unpaired) electrons. The van der Waals surface area contributed by atoms with E-state index in [0.717, 1.165) is 11.3 Å². The van der Waals surface area contributed by atoms with Crippen LogP contribution in [0.2, 0.25) is 5.02 Å². The van der Waals surface area contributed by atoms with Crippen LogP contribution in [-0.4, -0.2) is 6.54 Å². The Kier molecular flexibility index (Phi) is 4.38. The SMILES string of the molecule is Nc1ccc(NC/C=C/c2cc(N)ccc2N)c(Cl)c1. The minimum absolute atomic E-state index is 0.599. The molecule has 0 saturated heterocycles. The number of rotatable bonds is 4. The molecular weight excluding hydrogens is 272 g/mol. The molecule has 4 nitrogen and oxygen atoms in total. The fourth-order valence-corrected chi connectivity index (χ4v) is 2.02. The lowest BCUT2D eigenvalue weighted by Gasteiger charge is -2.06. The van der Waals surface area contributed by atoms with E-state index >= 15 is 0 Å². The van der Waals surface area contributed by atoms with Crippen LogP contribution in [0.25, 0.3) is 6.08 Å². The van der Waals surface area contributed by atoms with Crippen molar-refractivity contribution < 1.29 is 0 Å². The Hall–Kier alpha value is -2.33. The fourth-order valence-electron chi connectivity index (χ4n) is 1.77. The lowest BCUT2D eigenvalue weighted by molar-refractivity contribution is 1.34. The van der Waals surface area contributed by atoms with E-state index in [-0.39, 0.29) is 0 Å². The van der Waals surface area contributed by atoms with Gasteiger partial charge in [-0.2, -0.15) is 0 Å². The lowest BCUT2D eigenvalue weighted by Crippen LogP contribution is -1.99. The zero-order valence-electron chi connectivity index (χ0n) is 10.9. The number of anilines is 4. The Bertz CT molecular complexity index is 638. The predicted octanol–water partition coefficient (Wildman–Crippen LogP) is 3.21. The van der Waals surface area contributed by atoms with E-state index in [1.807, 2.05) is 24.3 Å². The predicted molar refractivity (Wildman–Crippen MR) is 88.7 cm³/mol. The summed E-state index contributed by atoms with van der Waals surface area (Å²) in [4.78, 5) is 0. The van der Waals surface area contributed by atoms with Crippen LogP contribution in [0, 0.1) is 0 Å². The summed E-state index contributed by atoms with van der Waals surface area (Å²) in [7, 11) is 0. The van der Waals surface area contributed by atoms with Crippen LogP contribution in [0.15, 0.2) is 42.5 Å². The highest BCUT2D eigenvalue weighted by Crippen LogP contribution is 2.24. The molecule has 0 amide bonds. The highest BCUT2D eigenvalue weighted by atomic mass is 35.5. The summed E-state index contributed by atoms with van der Waals surface area (Å²) in [5.41, 5.74) is 21.0. The van der Waals surface area contributed by atoms with E-state index < -0.39 is 0 Å². The van der Waals surface area contributed by atoms with E-state index in [1.54, 1.807) is 24.3 Å². The third-order valence-corrected chi connectivity index (χ3v) is 3.12. The first-order valence-electron chi connectivity index (χ1n) is 6.16. The van der Waals surface area contributed by atoms with Gasteiger partial charge in [0.15, 0.2) is 0 Å². The smallest absolute Gasteiger partial charge is 0.0658 e. The number of nitrogens with one attached hydrogen (secondary N) is 1. The molecule has 0 aromatic heterocycles. The van der Waals surface area contributed by atoms with Crippen molar-refractivity contribution in [1.82, 2.24) is 0 Å². The number of nitrogen functional groups attached to an aromatic ring is 3. The third kappa shape index (κ3) is 3.59. The number of benzene rings is 2. The first-order valence-corrected chi connectivity index (χ1v) is 6.54. The van der Waals surface area contributed by atoms with Crippen molar-refractivity contribution in [3.05, 3.63) is 53.1 Å². The Morgan fingerprint density at radius 1 is 1.00 bits per heavy atom. The lowest BCUT2D eigenvalue weighted by atomic mass is 10.1. The number of nitrogens with two attached hydrogens (primary N) is 3. The van der Waals surface area contributed by atoms with Crippen LogP contribution in [0.5, 0.6) is 0 Å². The van der Waals surface area contributed by atoms with Gasteiger partial charge in [0.1, 0.15) is 0 Å². The largest absolute Gasteiger partial charge is 0.399 e. The second-order valence-electron chi connectivity index (χ2n) is 4.41. The summed E-state index contributed by atoms with van der Waals surface area (Å²) in [6.45, 7) is 0.623. The van der Waals surface area contributed by atoms with Gasteiger partial charge in [-0.15, -0.1) is 0 Å². The van der Waals surface area contributed by atoms with Crippen molar-refractivity contribution >= 4 is 40.4 Å². The molecule has 0 aliphatic rings. The van der Waals surface area contributed by atoms with Crippen molar-refractivity contribution in [1.29, 1.82) is 0 Å². The van der Waals surface area contributed by atoms with Crippen LogP contribution in [0.1, 0.15) is 5.56 Å². The highest BCUT2D eigenvalue weighted by Gasteiger charge is 1.99. The minimum atomic E-state index is 0.599. The maximum Gasteiger partial charge on any atom is 0.0658 e. The van der Waals surface area contributed by atoms with Crippen molar-refractivity contribution in [3.63, 3.8) is 0 Å². The number of hydrogen-bond acceptors (Lipinski definition) is 4. The molecule has 0 atom stereocenters. The molecule has 2 rings (SSSR count). The summed E-state index contributed by atoms with van der Waals surface area (Å²) in [5.74, 6) is 0. The second kappa shape index (κ2) is 6.21. The summed E-state index contributed by atoms with van der Waals surface area (Å²) in [6, 6.07) is 10.8. The summed E-state index contributed by atoms with van der Waals surface area (Å²) in [6.07, 6.45) is 3.88. The fraction of sp³-hybridized carbons (Fsp3) is 0.0667. The molecule has 2 aromatic carbocycles. The molecule has 0 saturated carbocycles. The van der Waals surface area contributed by atoms with Gasteiger partial charge < -0.3 is 22.5 Å². The molecule has 2 aromatic rings. The molecule has 0 fully saturated rings. The van der Waals surface area contributed by atoms with Crippen LogP contribution < -0.4 is 22.5 Å². The molecule has 20 heavy (non-hydrogen) atoms. The van der Waals surface area contributed by atoms with Crippen molar-refractivity contribution in [2.45, 2.75) is 0 Å². The van der Waals surface area contributed by atoms with E-state index in [9.17, 15) is 0 Å². The van der Waals surface area contributed by atoms with Gasteiger partial charge in [0.05, 0.1) is 10.7 Å². The van der Waals surface area contributed by atoms with Gasteiger partial charge in [-0.05, 0) is 42.0 Å². The van der Waals surface area contributed by atoms with Crippen molar-refractivity contribution in [2.24, 2.45) is 0 Å². The molecule has 0 aliphatic heterocycles. The Balaban J connectivity index is 1.98. The average molecular weight is 289 g/mol. The summed E-state index contributed by atoms with van der Waals surface area (Å²) in [5, 5.41) is 3.80. The van der Waals surface area contributed by atoms with E-state index in [2.05, 4.69) is 5.32 Å². The van der Waals surface area contributed by atoms with Gasteiger partial charge in [-0.1, -0.05) is 23.8 Å². The monoisotopic (exact) mass is 288 g/mol. The van der Waals surface area contributed by atoms with Crippen molar-refractivity contribution in [2.75, 3.05) is 29.1 Å². The van der Waals surface area contributed by atoms with Crippen LogP contribution in [0.3, 0.4) is 0 Å².